The zero-order valence-corrected chi connectivity index (χ0v) is 13.2. The van der Waals surface area contributed by atoms with E-state index >= 15 is 0 Å². The first kappa shape index (κ1) is 16.4. The van der Waals surface area contributed by atoms with Crippen molar-refractivity contribution in [2.24, 2.45) is 0 Å². The van der Waals surface area contributed by atoms with Crippen molar-refractivity contribution < 1.29 is 24.1 Å². The van der Waals surface area contributed by atoms with Crippen molar-refractivity contribution in [3.05, 3.63) is 53.6 Å². The molecule has 0 radical (unpaired) electrons. The molecule has 1 N–H and O–H groups in total. The fourth-order valence-electron chi connectivity index (χ4n) is 2.15. The van der Waals surface area contributed by atoms with Gasteiger partial charge in [-0.2, -0.15) is 0 Å². The number of allylic oxidation sites excluding steroid dienone is 1. The number of para-hydroxylation sites is 1. The van der Waals surface area contributed by atoms with E-state index in [9.17, 15) is 9.90 Å². The molecule has 2 rings (SSSR count). The second-order valence-electron chi connectivity index (χ2n) is 4.67. The zero-order valence-electron chi connectivity index (χ0n) is 13.2. The number of ether oxygens (including phenoxy) is 3. The maximum atomic E-state index is 12.2. The van der Waals surface area contributed by atoms with E-state index in [1.807, 2.05) is 0 Å². The summed E-state index contributed by atoms with van der Waals surface area (Å²) in [6, 6.07) is 9.81. The molecule has 0 heterocycles. The topological polar surface area (TPSA) is 65.0 Å². The van der Waals surface area contributed by atoms with Gasteiger partial charge in [-0.1, -0.05) is 12.1 Å². The summed E-state index contributed by atoms with van der Waals surface area (Å²) in [5.41, 5.74) is 0.866. The molecular weight excluding hydrogens is 296 g/mol. The molecule has 0 aromatic heterocycles. The van der Waals surface area contributed by atoms with Gasteiger partial charge in [0.25, 0.3) is 0 Å². The Balaban J connectivity index is 2.38. The van der Waals surface area contributed by atoms with Crippen molar-refractivity contribution in [3.63, 3.8) is 0 Å². The molecule has 0 unspecified atom stereocenters. The highest BCUT2D eigenvalue weighted by atomic mass is 16.5. The molecule has 0 aliphatic carbocycles. The van der Waals surface area contributed by atoms with Crippen molar-refractivity contribution in [2.45, 2.75) is 0 Å². The quantitative estimate of drug-likeness (QED) is 0.654. The summed E-state index contributed by atoms with van der Waals surface area (Å²) in [5.74, 6) is 1.21. The van der Waals surface area contributed by atoms with Crippen molar-refractivity contribution in [3.8, 4) is 23.0 Å². The van der Waals surface area contributed by atoms with Crippen LogP contribution in [0.25, 0.3) is 6.08 Å². The van der Waals surface area contributed by atoms with E-state index in [2.05, 4.69) is 0 Å². The number of phenols is 1. The highest BCUT2D eigenvalue weighted by molar-refractivity contribution is 6.08. The second kappa shape index (κ2) is 7.35. The van der Waals surface area contributed by atoms with Gasteiger partial charge in [-0.3, -0.25) is 4.79 Å². The van der Waals surface area contributed by atoms with Gasteiger partial charge in [0.2, 0.25) is 0 Å². The average molecular weight is 314 g/mol. The summed E-state index contributed by atoms with van der Waals surface area (Å²) in [6.45, 7) is 0. The number of ketones is 1. The third-order valence-electron chi connectivity index (χ3n) is 3.30. The Morgan fingerprint density at radius 3 is 2.39 bits per heavy atom. The molecule has 120 valence electrons. The minimum atomic E-state index is -0.313. The summed E-state index contributed by atoms with van der Waals surface area (Å²) in [7, 11) is 4.59. The van der Waals surface area contributed by atoms with Gasteiger partial charge in [-0.05, 0) is 30.4 Å². The molecule has 0 aliphatic heterocycles. The first-order valence-corrected chi connectivity index (χ1v) is 6.91. The lowest BCUT2D eigenvalue weighted by atomic mass is 10.1. The van der Waals surface area contributed by atoms with Crippen LogP contribution in [0.5, 0.6) is 23.0 Å². The Morgan fingerprint density at radius 1 is 1.04 bits per heavy atom. The average Bonchev–Trinajstić information content (AvgIpc) is 2.58. The second-order valence-corrected chi connectivity index (χ2v) is 4.67. The Kier molecular flexibility index (Phi) is 5.25. The van der Waals surface area contributed by atoms with Gasteiger partial charge in [-0.15, -0.1) is 0 Å². The van der Waals surface area contributed by atoms with Gasteiger partial charge < -0.3 is 19.3 Å². The molecule has 2 aromatic carbocycles. The zero-order chi connectivity index (χ0) is 16.8. The van der Waals surface area contributed by atoms with Gasteiger partial charge in [0, 0.05) is 11.6 Å². The number of phenolic OH excluding ortho intramolecular Hbond substituents is 1. The minimum Gasteiger partial charge on any atom is -0.507 e. The Morgan fingerprint density at radius 2 is 1.78 bits per heavy atom. The third kappa shape index (κ3) is 3.63. The summed E-state index contributed by atoms with van der Waals surface area (Å²) in [5, 5.41) is 9.72. The van der Waals surface area contributed by atoms with Crippen LogP contribution in [0.3, 0.4) is 0 Å². The number of carbonyl (C=O) groups is 1. The molecule has 2 aromatic rings. The fourth-order valence-corrected chi connectivity index (χ4v) is 2.15. The number of aromatic hydroxyl groups is 1. The SMILES string of the molecule is COc1cc(/C=C/C(=O)c2ccccc2O)c(OC)c(OC)c1. The number of carbonyl (C=O) groups excluding carboxylic acids is 1. The van der Waals surface area contributed by atoms with Crippen molar-refractivity contribution in [2.75, 3.05) is 21.3 Å². The van der Waals surface area contributed by atoms with Crippen LogP contribution in [0, 0.1) is 0 Å². The van der Waals surface area contributed by atoms with E-state index in [1.165, 1.54) is 26.4 Å². The van der Waals surface area contributed by atoms with E-state index < -0.39 is 0 Å². The molecule has 0 aliphatic rings. The summed E-state index contributed by atoms with van der Waals surface area (Å²) in [6.07, 6.45) is 2.96. The number of rotatable bonds is 6. The molecule has 0 saturated carbocycles. The molecule has 0 fully saturated rings. The van der Waals surface area contributed by atoms with Crippen LogP contribution in [-0.2, 0) is 0 Å². The lowest BCUT2D eigenvalue weighted by molar-refractivity contribution is 0.104. The van der Waals surface area contributed by atoms with Crippen LogP contribution < -0.4 is 14.2 Å². The molecule has 23 heavy (non-hydrogen) atoms. The van der Waals surface area contributed by atoms with E-state index in [-0.39, 0.29) is 17.1 Å². The lowest BCUT2D eigenvalue weighted by Gasteiger charge is -2.12. The molecule has 0 amide bonds. The Bertz CT molecular complexity index is 734. The van der Waals surface area contributed by atoms with Crippen molar-refractivity contribution in [1.82, 2.24) is 0 Å². The lowest BCUT2D eigenvalue weighted by Crippen LogP contribution is -1.97. The normalized spacial score (nSPS) is 10.6. The smallest absolute Gasteiger partial charge is 0.189 e. The van der Waals surface area contributed by atoms with Crippen LogP contribution in [0.15, 0.2) is 42.5 Å². The van der Waals surface area contributed by atoms with Gasteiger partial charge in [-0.25, -0.2) is 0 Å². The molecule has 0 atom stereocenters. The predicted octanol–water partition coefficient (Wildman–Crippen LogP) is 3.31. The summed E-state index contributed by atoms with van der Waals surface area (Å²) >= 11 is 0. The van der Waals surface area contributed by atoms with Gasteiger partial charge in [0.1, 0.15) is 11.5 Å². The van der Waals surface area contributed by atoms with E-state index in [1.54, 1.807) is 43.5 Å². The predicted molar refractivity (Wildman–Crippen MR) is 87.6 cm³/mol. The maximum Gasteiger partial charge on any atom is 0.189 e. The van der Waals surface area contributed by atoms with Crippen molar-refractivity contribution >= 4 is 11.9 Å². The van der Waals surface area contributed by atoms with E-state index in [0.29, 0.717) is 22.8 Å². The Labute approximate surface area is 134 Å². The molecule has 5 heteroatoms. The van der Waals surface area contributed by atoms with Gasteiger partial charge in [0.15, 0.2) is 17.3 Å². The number of hydrogen-bond acceptors (Lipinski definition) is 5. The number of methoxy groups -OCH3 is 3. The maximum absolute atomic E-state index is 12.2. The molecule has 5 nitrogen and oxygen atoms in total. The van der Waals surface area contributed by atoms with Crippen LogP contribution >= 0.6 is 0 Å². The first-order valence-electron chi connectivity index (χ1n) is 6.91. The standard InChI is InChI=1S/C18H18O5/c1-21-13-10-12(18(23-3)17(11-13)22-2)8-9-16(20)14-6-4-5-7-15(14)19/h4-11,19H,1-3H3/b9-8+. The van der Waals surface area contributed by atoms with Gasteiger partial charge in [0.05, 0.1) is 26.9 Å². The molecular formula is C18H18O5. The number of benzene rings is 2. The molecule has 0 saturated heterocycles. The highest BCUT2D eigenvalue weighted by Gasteiger charge is 2.12. The first-order chi connectivity index (χ1) is 11.1. The number of hydrogen-bond donors (Lipinski definition) is 1. The van der Waals surface area contributed by atoms with Crippen LogP contribution in [0.4, 0.5) is 0 Å². The fraction of sp³-hybridized carbons (Fsp3) is 0.167. The van der Waals surface area contributed by atoms with E-state index in [4.69, 9.17) is 14.2 Å². The third-order valence-corrected chi connectivity index (χ3v) is 3.30. The minimum absolute atomic E-state index is 0.0580. The summed E-state index contributed by atoms with van der Waals surface area (Å²) < 4.78 is 15.8. The van der Waals surface area contributed by atoms with Crippen LogP contribution in [0.2, 0.25) is 0 Å². The van der Waals surface area contributed by atoms with Crippen LogP contribution in [-0.4, -0.2) is 32.2 Å². The van der Waals surface area contributed by atoms with Crippen molar-refractivity contribution in [1.29, 1.82) is 0 Å². The Hall–Kier alpha value is -2.95. The summed E-state index contributed by atoms with van der Waals surface area (Å²) in [4.78, 5) is 12.2. The molecule has 0 spiro atoms. The van der Waals surface area contributed by atoms with Crippen LogP contribution in [0.1, 0.15) is 15.9 Å². The van der Waals surface area contributed by atoms with E-state index in [0.717, 1.165) is 0 Å². The highest BCUT2D eigenvalue weighted by Crippen LogP contribution is 2.36. The molecule has 0 bridgehead atoms. The van der Waals surface area contributed by atoms with Gasteiger partial charge >= 0.3 is 0 Å². The monoisotopic (exact) mass is 314 g/mol. The largest absolute Gasteiger partial charge is 0.507 e.